The summed E-state index contributed by atoms with van der Waals surface area (Å²) in [5, 5.41) is 11.1. The zero-order valence-electron chi connectivity index (χ0n) is 16.7. The van der Waals surface area contributed by atoms with Crippen LogP contribution in [0.25, 0.3) is 0 Å². The Morgan fingerprint density at radius 3 is 2.43 bits per heavy atom. The first kappa shape index (κ1) is 21.8. The normalized spacial score (nSPS) is 17.4. The number of hydrogen-bond donors (Lipinski definition) is 0. The maximum atomic E-state index is 13.0. The molecule has 9 heteroatoms. The maximum Gasteiger partial charge on any atom is 0.310 e. The third-order valence-corrected chi connectivity index (χ3v) is 6.92. The van der Waals surface area contributed by atoms with Crippen LogP contribution in [0.2, 0.25) is 0 Å². The standard InChI is InChI=1S/C21H24N2O6S/c1-2-16-7-9-17(10-8-16)13-22(18-11-12-30(27,28)15-18)21(24)14-29-20-6-4-3-5-19(20)23(25)26/h3-10,18H,2,11-15H2,1H3. The van der Waals surface area contributed by atoms with Crippen molar-refractivity contribution in [3.63, 3.8) is 0 Å². The fraction of sp³-hybridized carbons (Fsp3) is 0.381. The Bertz CT molecular complexity index is 1020. The van der Waals surface area contributed by atoms with Crippen LogP contribution in [0.3, 0.4) is 0 Å². The first-order chi connectivity index (χ1) is 14.3. The average Bonchev–Trinajstić information content (AvgIpc) is 3.10. The molecular formula is C21H24N2O6S. The van der Waals surface area contributed by atoms with Gasteiger partial charge in [-0.25, -0.2) is 8.42 Å². The summed E-state index contributed by atoms with van der Waals surface area (Å²) in [6, 6.07) is 13.2. The molecule has 3 rings (SSSR count). The minimum Gasteiger partial charge on any atom is -0.477 e. The van der Waals surface area contributed by atoms with E-state index in [0.29, 0.717) is 6.42 Å². The van der Waals surface area contributed by atoms with Gasteiger partial charge in [0.2, 0.25) is 0 Å². The molecule has 1 atom stereocenters. The van der Waals surface area contributed by atoms with Gasteiger partial charge in [0.15, 0.2) is 22.2 Å². The molecule has 0 saturated carbocycles. The molecule has 1 fully saturated rings. The first-order valence-corrected chi connectivity index (χ1v) is 11.5. The summed E-state index contributed by atoms with van der Waals surface area (Å²) in [5.74, 6) is -0.449. The second-order valence-corrected chi connectivity index (χ2v) is 9.49. The molecule has 0 bridgehead atoms. The topological polar surface area (TPSA) is 107 Å². The zero-order chi connectivity index (χ0) is 21.7. The van der Waals surface area contributed by atoms with Gasteiger partial charge < -0.3 is 9.64 Å². The number of benzene rings is 2. The molecule has 1 saturated heterocycles. The summed E-state index contributed by atoms with van der Waals surface area (Å²) in [7, 11) is -3.19. The predicted octanol–water partition coefficient (Wildman–Crippen LogP) is 2.75. The van der Waals surface area contributed by atoms with Crippen LogP contribution < -0.4 is 4.74 Å². The van der Waals surface area contributed by atoms with Crippen LogP contribution in [0.1, 0.15) is 24.5 Å². The molecule has 2 aromatic rings. The lowest BCUT2D eigenvalue weighted by molar-refractivity contribution is -0.385. The molecule has 1 aliphatic rings. The molecule has 1 unspecified atom stereocenters. The van der Waals surface area contributed by atoms with E-state index in [2.05, 4.69) is 0 Å². The predicted molar refractivity (Wildman–Crippen MR) is 112 cm³/mol. The first-order valence-electron chi connectivity index (χ1n) is 9.73. The second kappa shape index (κ2) is 9.25. The number of carbonyl (C=O) groups excluding carboxylic acids is 1. The van der Waals surface area contributed by atoms with E-state index in [-0.39, 0.29) is 29.5 Å². The molecule has 0 aliphatic carbocycles. The number of hydrogen-bond acceptors (Lipinski definition) is 6. The molecule has 0 spiro atoms. The number of ether oxygens (including phenoxy) is 1. The van der Waals surface area contributed by atoms with Crippen LogP contribution in [0, 0.1) is 10.1 Å². The smallest absolute Gasteiger partial charge is 0.310 e. The van der Waals surface area contributed by atoms with Gasteiger partial charge in [0.25, 0.3) is 5.91 Å². The highest BCUT2D eigenvalue weighted by Crippen LogP contribution is 2.26. The minimum atomic E-state index is -3.19. The Kier molecular flexibility index (Phi) is 6.71. The lowest BCUT2D eigenvalue weighted by Crippen LogP contribution is -2.43. The van der Waals surface area contributed by atoms with E-state index in [1.54, 1.807) is 6.07 Å². The zero-order valence-corrected chi connectivity index (χ0v) is 17.5. The van der Waals surface area contributed by atoms with E-state index in [0.717, 1.165) is 12.0 Å². The third-order valence-electron chi connectivity index (χ3n) is 5.17. The lowest BCUT2D eigenvalue weighted by atomic mass is 10.1. The van der Waals surface area contributed by atoms with Gasteiger partial charge in [0.1, 0.15) is 0 Å². The fourth-order valence-electron chi connectivity index (χ4n) is 3.47. The van der Waals surface area contributed by atoms with Gasteiger partial charge in [0.05, 0.1) is 16.4 Å². The molecule has 0 radical (unpaired) electrons. The minimum absolute atomic E-state index is 0.00198. The molecule has 1 heterocycles. The van der Waals surface area contributed by atoms with E-state index >= 15 is 0 Å². The Morgan fingerprint density at radius 1 is 1.17 bits per heavy atom. The van der Waals surface area contributed by atoms with Gasteiger partial charge in [-0.2, -0.15) is 0 Å². The third kappa shape index (κ3) is 5.35. The molecular weight excluding hydrogens is 408 g/mol. The number of carbonyl (C=O) groups is 1. The number of sulfone groups is 1. The molecule has 30 heavy (non-hydrogen) atoms. The SMILES string of the molecule is CCc1ccc(CN(C(=O)COc2ccccc2[N+](=O)[O-])C2CCS(=O)(=O)C2)cc1. The van der Waals surface area contributed by atoms with Crippen LogP contribution in [0.4, 0.5) is 5.69 Å². The highest BCUT2D eigenvalue weighted by molar-refractivity contribution is 7.91. The number of amides is 1. The van der Waals surface area contributed by atoms with Gasteiger partial charge in [-0.3, -0.25) is 14.9 Å². The van der Waals surface area contributed by atoms with Crippen molar-refractivity contribution in [3.05, 3.63) is 69.8 Å². The van der Waals surface area contributed by atoms with Gasteiger partial charge in [0, 0.05) is 18.7 Å². The number of para-hydroxylation sites is 2. The fourth-order valence-corrected chi connectivity index (χ4v) is 5.20. The molecule has 0 N–H and O–H groups in total. The highest BCUT2D eigenvalue weighted by Gasteiger charge is 2.35. The van der Waals surface area contributed by atoms with Crippen molar-refractivity contribution >= 4 is 21.4 Å². The second-order valence-electron chi connectivity index (χ2n) is 7.26. The summed E-state index contributed by atoms with van der Waals surface area (Å²) in [5.41, 5.74) is 1.82. The van der Waals surface area contributed by atoms with Crippen LogP contribution >= 0.6 is 0 Å². The number of rotatable bonds is 8. The quantitative estimate of drug-likeness (QED) is 0.469. The number of aryl methyl sites for hydroxylation is 1. The number of nitro benzene ring substituents is 1. The summed E-state index contributed by atoms with van der Waals surface area (Å²) in [6.07, 6.45) is 1.26. The van der Waals surface area contributed by atoms with E-state index in [1.165, 1.54) is 28.7 Å². The largest absolute Gasteiger partial charge is 0.477 e. The molecule has 160 valence electrons. The molecule has 8 nitrogen and oxygen atoms in total. The average molecular weight is 432 g/mol. The van der Waals surface area contributed by atoms with E-state index in [4.69, 9.17) is 4.74 Å². The van der Waals surface area contributed by atoms with Crippen molar-refractivity contribution in [2.45, 2.75) is 32.4 Å². The van der Waals surface area contributed by atoms with Gasteiger partial charge in [-0.1, -0.05) is 43.3 Å². The summed E-state index contributed by atoms with van der Waals surface area (Å²) in [4.78, 5) is 25.0. The highest BCUT2D eigenvalue weighted by atomic mass is 32.2. The molecule has 1 amide bonds. The molecule has 2 aromatic carbocycles. The lowest BCUT2D eigenvalue weighted by Gasteiger charge is -2.28. The molecule has 0 aromatic heterocycles. The van der Waals surface area contributed by atoms with Gasteiger partial charge >= 0.3 is 5.69 Å². The Labute approximate surface area is 175 Å². The Morgan fingerprint density at radius 2 is 1.83 bits per heavy atom. The van der Waals surface area contributed by atoms with Gasteiger partial charge in [-0.05, 0) is 30.0 Å². The summed E-state index contributed by atoms with van der Waals surface area (Å²) < 4.78 is 29.4. The van der Waals surface area contributed by atoms with E-state index in [1.807, 2.05) is 31.2 Å². The van der Waals surface area contributed by atoms with Crippen molar-refractivity contribution in [2.75, 3.05) is 18.1 Å². The van der Waals surface area contributed by atoms with Crippen LogP contribution in [-0.4, -0.2) is 48.3 Å². The monoisotopic (exact) mass is 432 g/mol. The van der Waals surface area contributed by atoms with Crippen molar-refractivity contribution in [1.29, 1.82) is 0 Å². The van der Waals surface area contributed by atoms with Crippen LogP contribution in [0.5, 0.6) is 5.75 Å². The van der Waals surface area contributed by atoms with E-state index in [9.17, 15) is 23.3 Å². The van der Waals surface area contributed by atoms with Crippen LogP contribution in [0.15, 0.2) is 48.5 Å². The van der Waals surface area contributed by atoms with Crippen molar-refractivity contribution in [3.8, 4) is 5.75 Å². The molecule has 1 aliphatic heterocycles. The Balaban J connectivity index is 1.77. The number of nitrogens with zero attached hydrogens (tertiary/aromatic N) is 2. The Hall–Kier alpha value is -2.94. The van der Waals surface area contributed by atoms with Crippen molar-refractivity contribution < 1.29 is 22.9 Å². The summed E-state index contributed by atoms with van der Waals surface area (Å²) >= 11 is 0. The number of nitro groups is 1. The van der Waals surface area contributed by atoms with Gasteiger partial charge in [-0.15, -0.1) is 0 Å². The summed E-state index contributed by atoms with van der Waals surface area (Å²) in [6.45, 7) is 1.89. The maximum absolute atomic E-state index is 13.0. The van der Waals surface area contributed by atoms with E-state index < -0.39 is 33.3 Å². The van der Waals surface area contributed by atoms with Crippen molar-refractivity contribution in [1.82, 2.24) is 4.90 Å². The van der Waals surface area contributed by atoms with Crippen LogP contribution in [-0.2, 0) is 27.6 Å². The van der Waals surface area contributed by atoms with Crippen molar-refractivity contribution in [2.24, 2.45) is 0 Å².